The fourth-order valence-corrected chi connectivity index (χ4v) is 0.428. The second kappa shape index (κ2) is 1.94. The van der Waals surface area contributed by atoms with Crippen molar-refractivity contribution in [2.45, 2.75) is 0 Å². The van der Waals surface area contributed by atoms with E-state index in [1.54, 1.807) is 18.3 Å². The van der Waals surface area contributed by atoms with Gasteiger partial charge in [-0.05, 0) is 12.1 Å². The van der Waals surface area contributed by atoms with Crippen LogP contribution in [0.3, 0.4) is 0 Å². The van der Waals surface area contributed by atoms with Crippen LogP contribution in [0.25, 0.3) is 0 Å². The van der Waals surface area contributed by atoms with Crippen LogP contribution in [0.15, 0.2) is 18.3 Å². The molecule has 1 aromatic rings. The van der Waals surface area contributed by atoms with E-state index in [0.717, 1.165) is 0 Å². The molecule has 0 saturated heterocycles. The van der Waals surface area contributed by atoms with Crippen LogP contribution in [0.1, 0.15) is 0 Å². The first-order chi connectivity index (χ1) is 3.39. The summed E-state index contributed by atoms with van der Waals surface area (Å²) >= 11 is 5.42. The Kier molecular flexibility index (Phi) is 1.27. The van der Waals surface area contributed by atoms with Gasteiger partial charge in [-0.2, -0.15) is 0 Å². The zero-order valence-electron chi connectivity index (χ0n) is 3.56. The van der Waals surface area contributed by atoms with Gasteiger partial charge in [-0.1, -0.05) is 11.6 Å². The molecule has 0 aromatic carbocycles. The molecule has 0 aliphatic heterocycles. The average molecular weight is 113 g/mol. The molecule has 0 atom stereocenters. The van der Waals surface area contributed by atoms with Gasteiger partial charge in [0.15, 0.2) is 0 Å². The van der Waals surface area contributed by atoms with Crippen molar-refractivity contribution >= 4 is 11.6 Å². The fourth-order valence-electron chi connectivity index (χ4n) is 0.307. The summed E-state index contributed by atoms with van der Waals surface area (Å²) in [6, 6.07) is 3.49. The van der Waals surface area contributed by atoms with Crippen molar-refractivity contribution in [1.29, 1.82) is 0 Å². The molecule has 0 aliphatic rings. The topological polar surface area (TPSA) is 12.9 Å². The summed E-state index contributed by atoms with van der Waals surface area (Å²) in [6.07, 6.45) is 4.18. The molecule has 0 unspecified atom stereocenters. The summed E-state index contributed by atoms with van der Waals surface area (Å²) in [5, 5.41) is 0.558. The van der Waals surface area contributed by atoms with Crippen LogP contribution in [0, 0.1) is 6.20 Å². The van der Waals surface area contributed by atoms with Gasteiger partial charge in [0.25, 0.3) is 0 Å². The normalized spacial score (nSPS) is 8.71. The number of aromatic nitrogens is 1. The maximum Gasteiger partial charge on any atom is 0.109 e. The van der Waals surface area contributed by atoms with Crippen LogP contribution in [0.4, 0.5) is 0 Å². The molecule has 1 heterocycles. The lowest BCUT2D eigenvalue weighted by Gasteiger charge is -1.78. The number of halogens is 1. The lowest BCUT2D eigenvalue weighted by Crippen LogP contribution is -1.65. The van der Waals surface area contributed by atoms with E-state index >= 15 is 0 Å². The van der Waals surface area contributed by atoms with Crippen molar-refractivity contribution in [1.82, 2.24) is 4.98 Å². The Morgan fingerprint density at radius 1 is 1.71 bits per heavy atom. The summed E-state index contributed by atoms with van der Waals surface area (Å²) in [5.41, 5.74) is 0. The van der Waals surface area contributed by atoms with E-state index in [9.17, 15) is 0 Å². The summed E-state index contributed by atoms with van der Waals surface area (Å²) in [6.45, 7) is 0. The molecule has 0 amide bonds. The van der Waals surface area contributed by atoms with Crippen LogP contribution in [-0.4, -0.2) is 4.98 Å². The highest BCUT2D eigenvalue weighted by molar-refractivity contribution is 6.30. The molecule has 35 valence electrons. The molecule has 0 fully saturated rings. The first-order valence-electron chi connectivity index (χ1n) is 1.88. The Bertz CT molecular complexity index is 138. The standard InChI is InChI=1S/C5H3ClN/c6-5-2-1-3-7-4-5/h1-3H. The second-order valence-corrected chi connectivity index (χ2v) is 1.50. The van der Waals surface area contributed by atoms with Crippen molar-refractivity contribution in [2.24, 2.45) is 0 Å². The van der Waals surface area contributed by atoms with E-state index in [4.69, 9.17) is 11.6 Å². The predicted octanol–water partition coefficient (Wildman–Crippen LogP) is 1.54. The van der Waals surface area contributed by atoms with Gasteiger partial charge in [0, 0.05) is 6.20 Å². The number of nitrogens with zero attached hydrogens (tertiary/aromatic N) is 1. The van der Waals surface area contributed by atoms with Gasteiger partial charge in [0.05, 0.1) is 5.02 Å². The van der Waals surface area contributed by atoms with Gasteiger partial charge >= 0.3 is 0 Å². The first kappa shape index (κ1) is 4.60. The first-order valence-corrected chi connectivity index (χ1v) is 2.25. The largest absolute Gasteiger partial charge is 0.253 e. The van der Waals surface area contributed by atoms with Crippen molar-refractivity contribution < 1.29 is 0 Å². The number of hydrogen-bond donors (Lipinski definition) is 0. The average Bonchev–Trinajstić information content (AvgIpc) is 1.69. The van der Waals surface area contributed by atoms with Crippen LogP contribution in [0.2, 0.25) is 5.02 Å². The molecule has 1 radical (unpaired) electrons. The van der Waals surface area contributed by atoms with Gasteiger partial charge < -0.3 is 0 Å². The van der Waals surface area contributed by atoms with Crippen LogP contribution in [0.5, 0.6) is 0 Å². The highest BCUT2D eigenvalue weighted by atomic mass is 35.5. The van der Waals surface area contributed by atoms with Crippen LogP contribution in [-0.2, 0) is 0 Å². The summed E-state index contributed by atoms with van der Waals surface area (Å²) < 4.78 is 0. The summed E-state index contributed by atoms with van der Waals surface area (Å²) in [4.78, 5) is 3.63. The molecule has 1 aromatic heterocycles. The third kappa shape index (κ3) is 1.16. The lowest BCUT2D eigenvalue weighted by atomic mass is 10.5. The number of rotatable bonds is 0. The molecule has 7 heavy (non-hydrogen) atoms. The van der Waals surface area contributed by atoms with Crippen LogP contribution >= 0.6 is 11.6 Å². The minimum Gasteiger partial charge on any atom is -0.253 e. The van der Waals surface area contributed by atoms with Gasteiger partial charge in [0.1, 0.15) is 6.20 Å². The van der Waals surface area contributed by atoms with E-state index in [2.05, 4.69) is 11.2 Å². The van der Waals surface area contributed by atoms with Crippen molar-refractivity contribution in [3.05, 3.63) is 29.5 Å². The van der Waals surface area contributed by atoms with E-state index in [0.29, 0.717) is 5.02 Å². The maximum atomic E-state index is 5.42. The Morgan fingerprint density at radius 2 is 2.57 bits per heavy atom. The summed E-state index contributed by atoms with van der Waals surface area (Å²) in [7, 11) is 0. The second-order valence-electron chi connectivity index (χ2n) is 1.10. The Hall–Kier alpha value is -0.560. The van der Waals surface area contributed by atoms with E-state index in [-0.39, 0.29) is 0 Å². The third-order valence-corrected chi connectivity index (χ3v) is 0.785. The van der Waals surface area contributed by atoms with Crippen LogP contribution < -0.4 is 0 Å². The van der Waals surface area contributed by atoms with Gasteiger partial charge in [0.2, 0.25) is 0 Å². The van der Waals surface area contributed by atoms with Gasteiger partial charge in [-0.25, -0.2) is 0 Å². The van der Waals surface area contributed by atoms with E-state index < -0.39 is 0 Å². The quantitative estimate of drug-likeness (QED) is 0.496. The Labute approximate surface area is 47.0 Å². The number of hydrogen-bond acceptors (Lipinski definition) is 1. The predicted molar refractivity (Wildman–Crippen MR) is 28.1 cm³/mol. The van der Waals surface area contributed by atoms with Crippen molar-refractivity contribution in [3.63, 3.8) is 0 Å². The zero-order valence-corrected chi connectivity index (χ0v) is 4.31. The highest BCUT2D eigenvalue weighted by Crippen LogP contribution is 2.00. The maximum absolute atomic E-state index is 5.42. The SMILES string of the molecule is Clc1[c]nccc1. The third-order valence-electron chi connectivity index (χ3n) is 0.575. The van der Waals surface area contributed by atoms with E-state index in [1.165, 1.54) is 0 Å². The minimum absolute atomic E-state index is 0.558. The molecule has 1 nitrogen and oxygen atoms in total. The lowest BCUT2D eigenvalue weighted by molar-refractivity contribution is 1.31. The van der Waals surface area contributed by atoms with Gasteiger partial charge in [-0.15, -0.1) is 0 Å². The van der Waals surface area contributed by atoms with Gasteiger partial charge in [-0.3, -0.25) is 4.98 Å². The molecule has 0 spiro atoms. The minimum atomic E-state index is 0.558. The van der Waals surface area contributed by atoms with Crippen molar-refractivity contribution in [3.8, 4) is 0 Å². The molecule has 1 rings (SSSR count). The molecular formula is C5H3ClN. The molecule has 0 N–H and O–H groups in total. The van der Waals surface area contributed by atoms with Crippen molar-refractivity contribution in [2.75, 3.05) is 0 Å². The summed E-state index contributed by atoms with van der Waals surface area (Å²) in [5.74, 6) is 0. The highest BCUT2D eigenvalue weighted by Gasteiger charge is 1.77. The molecule has 2 heteroatoms. The molecule has 0 bridgehead atoms. The molecule has 0 saturated carbocycles. The zero-order chi connectivity index (χ0) is 5.11. The van der Waals surface area contributed by atoms with E-state index in [1.807, 2.05) is 0 Å². The molecular weight excluding hydrogens is 110 g/mol. The monoisotopic (exact) mass is 112 g/mol. The smallest absolute Gasteiger partial charge is 0.109 e. The Balaban J connectivity index is 3.02. The fraction of sp³-hybridized carbons (Fsp3) is 0. The molecule has 0 aliphatic carbocycles. The number of pyridine rings is 1. The Morgan fingerprint density at radius 3 is 2.86 bits per heavy atom.